The molecule has 0 spiro atoms. The van der Waals surface area contributed by atoms with Crippen LogP contribution >= 0.6 is 0 Å². The molecule has 4 heteroatoms. The fourth-order valence-electron chi connectivity index (χ4n) is 1.75. The molecule has 1 heterocycles. The summed E-state index contributed by atoms with van der Waals surface area (Å²) in [6, 6.07) is 8.31. The van der Waals surface area contributed by atoms with E-state index in [2.05, 4.69) is 10.3 Å². The van der Waals surface area contributed by atoms with Gasteiger partial charge in [0.25, 0.3) is 0 Å². The fraction of sp³-hybridized carbons (Fsp3) is 0.154. The van der Waals surface area contributed by atoms with Crippen LogP contribution in [-0.2, 0) is 0 Å². The lowest BCUT2D eigenvalue weighted by atomic mass is 10.0. The maximum absolute atomic E-state index is 13.7. The van der Waals surface area contributed by atoms with Crippen molar-refractivity contribution in [3.63, 3.8) is 0 Å². The first kappa shape index (κ1) is 11.7. The second-order valence-electron chi connectivity index (χ2n) is 3.64. The van der Waals surface area contributed by atoms with Gasteiger partial charge in [0.15, 0.2) is 0 Å². The van der Waals surface area contributed by atoms with E-state index in [0.29, 0.717) is 5.69 Å². The molecule has 1 aromatic carbocycles. The number of nitrogens with one attached hydrogen (secondary N) is 1. The number of pyridine rings is 1. The normalized spacial score (nSPS) is 12.4. The standard InChI is InChI=1S/C13H12F2N2/c1-16-13(12-4-2-3-7-17-12)10-8-9(14)5-6-11(10)15/h2-8,13,16H,1H3. The third kappa shape index (κ3) is 2.47. The molecule has 17 heavy (non-hydrogen) atoms. The molecule has 0 saturated carbocycles. The SMILES string of the molecule is CNC(c1ccccn1)c1cc(F)ccc1F. The number of benzene rings is 1. The van der Waals surface area contributed by atoms with Gasteiger partial charge < -0.3 is 5.32 Å². The molecule has 2 nitrogen and oxygen atoms in total. The zero-order valence-electron chi connectivity index (χ0n) is 9.32. The van der Waals surface area contributed by atoms with Crippen LogP contribution in [0.15, 0.2) is 42.6 Å². The van der Waals surface area contributed by atoms with Crippen LogP contribution in [0.1, 0.15) is 17.3 Å². The Morgan fingerprint density at radius 3 is 2.65 bits per heavy atom. The predicted molar refractivity (Wildman–Crippen MR) is 61.5 cm³/mol. The molecule has 0 aliphatic carbocycles. The molecule has 0 amide bonds. The third-order valence-corrected chi connectivity index (χ3v) is 2.54. The Morgan fingerprint density at radius 1 is 1.18 bits per heavy atom. The largest absolute Gasteiger partial charge is 0.308 e. The van der Waals surface area contributed by atoms with Crippen LogP contribution in [0.5, 0.6) is 0 Å². The molecule has 1 unspecified atom stereocenters. The molecule has 0 aliphatic heterocycles. The highest BCUT2D eigenvalue weighted by atomic mass is 19.1. The van der Waals surface area contributed by atoms with E-state index in [1.165, 1.54) is 6.07 Å². The molecule has 0 saturated heterocycles. The van der Waals surface area contributed by atoms with Gasteiger partial charge in [-0.15, -0.1) is 0 Å². The molecule has 1 atom stereocenters. The van der Waals surface area contributed by atoms with Gasteiger partial charge >= 0.3 is 0 Å². The average molecular weight is 234 g/mol. The zero-order chi connectivity index (χ0) is 12.3. The van der Waals surface area contributed by atoms with Gasteiger partial charge in [0.1, 0.15) is 11.6 Å². The molecule has 1 N–H and O–H groups in total. The Morgan fingerprint density at radius 2 is 2.00 bits per heavy atom. The molecule has 1 aromatic heterocycles. The van der Waals surface area contributed by atoms with Crippen molar-refractivity contribution in [2.45, 2.75) is 6.04 Å². The number of aromatic nitrogens is 1. The molecule has 88 valence electrons. The van der Waals surface area contributed by atoms with Gasteiger partial charge in [-0.2, -0.15) is 0 Å². The van der Waals surface area contributed by atoms with Crippen LogP contribution in [-0.4, -0.2) is 12.0 Å². The van der Waals surface area contributed by atoms with Gasteiger partial charge in [0, 0.05) is 11.8 Å². The Bertz CT molecular complexity index is 500. The monoisotopic (exact) mass is 234 g/mol. The summed E-state index contributed by atoms with van der Waals surface area (Å²) in [6.07, 6.45) is 1.62. The second-order valence-corrected chi connectivity index (χ2v) is 3.64. The van der Waals surface area contributed by atoms with Crippen molar-refractivity contribution >= 4 is 0 Å². The highest BCUT2D eigenvalue weighted by Crippen LogP contribution is 2.23. The van der Waals surface area contributed by atoms with Crippen LogP contribution in [0.2, 0.25) is 0 Å². The van der Waals surface area contributed by atoms with Crippen molar-refractivity contribution in [1.82, 2.24) is 10.3 Å². The summed E-state index contributed by atoms with van der Waals surface area (Å²) in [7, 11) is 1.68. The van der Waals surface area contributed by atoms with Gasteiger partial charge in [-0.05, 0) is 37.4 Å². The van der Waals surface area contributed by atoms with Gasteiger partial charge in [0.2, 0.25) is 0 Å². The predicted octanol–water partition coefficient (Wildman–Crippen LogP) is 2.67. The summed E-state index contributed by atoms with van der Waals surface area (Å²) in [5.41, 5.74) is 0.908. The molecule has 0 aliphatic rings. The van der Waals surface area contributed by atoms with Crippen molar-refractivity contribution in [2.24, 2.45) is 0 Å². The summed E-state index contributed by atoms with van der Waals surface area (Å²) < 4.78 is 26.8. The van der Waals surface area contributed by atoms with Gasteiger partial charge in [-0.1, -0.05) is 6.07 Å². The van der Waals surface area contributed by atoms with Crippen molar-refractivity contribution in [3.8, 4) is 0 Å². The molecule has 0 radical (unpaired) electrons. The lowest BCUT2D eigenvalue weighted by Crippen LogP contribution is -2.20. The number of hydrogen-bond donors (Lipinski definition) is 1. The van der Waals surface area contributed by atoms with Gasteiger partial charge in [0.05, 0.1) is 11.7 Å². The van der Waals surface area contributed by atoms with E-state index in [0.717, 1.165) is 12.1 Å². The van der Waals surface area contributed by atoms with Crippen LogP contribution < -0.4 is 5.32 Å². The van der Waals surface area contributed by atoms with Crippen LogP contribution in [0, 0.1) is 11.6 Å². The van der Waals surface area contributed by atoms with E-state index in [1.807, 2.05) is 6.07 Å². The number of hydrogen-bond acceptors (Lipinski definition) is 2. The summed E-state index contributed by atoms with van der Waals surface area (Å²) in [5, 5.41) is 2.93. The molecular weight excluding hydrogens is 222 g/mol. The second kappa shape index (κ2) is 5.01. The van der Waals surface area contributed by atoms with Crippen molar-refractivity contribution in [3.05, 3.63) is 65.5 Å². The van der Waals surface area contributed by atoms with Crippen LogP contribution in [0.4, 0.5) is 8.78 Å². The summed E-state index contributed by atoms with van der Waals surface area (Å²) >= 11 is 0. The third-order valence-electron chi connectivity index (χ3n) is 2.54. The maximum atomic E-state index is 13.7. The molecular formula is C13H12F2N2. The quantitative estimate of drug-likeness (QED) is 0.883. The Labute approximate surface area is 98.3 Å². The minimum absolute atomic E-state index is 0.256. The Balaban J connectivity index is 2.46. The maximum Gasteiger partial charge on any atom is 0.128 e. The minimum atomic E-state index is -0.461. The first-order chi connectivity index (χ1) is 8.22. The van der Waals surface area contributed by atoms with E-state index in [9.17, 15) is 8.78 Å². The Kier molecular flexibility index (Phi) is 3.44. The van der Waals surface area contributed by atoms with Crippen molar-refractivity contribution in [1.29, 1.82) is 0 Å². The molecule has 0 bridgehead atoms. The first-order valence-corrected chi connectivity index (χ1v) is 5.25. The fourth-order valence-corrected chi connectivity index (χ4v) is 1.75. The van der Waals surface area contributed by atoms with E-state index in [4.69, 9.17) is 0 Å². The number of rotatable bonds is 3. The average Bonchev–Trinajstić information content (AvgIpc) is 2.36. The highest BCUT2D eigenvalue weighted by Gasteiger charge is 2.17. The van der Waals surface area contributed by atoms with E-state index in [-0.39, 0.29) is 5.56 Å². The summed E-state index contributed by atoms with van der Waals surface area (Å²) in [5.74, 6) is -0.908. The highest BCUT2D eigenvalue weighted by molar-refractivity contribution is 5.29. The summed E-state index contributed by atoms with van der Waals surface area (Å²) in [6.45, 7) is 0. The first-order valence-electron chi connectivity index (χ1n) is 5.25. The summed E-state index contributed by atoms with van der Waals surface area (Å²) in [4.78, 5) is 4.15. The smallest absolute Gasteiger partial charge is 0.128 e. The lowest BCUT2D eigenvalue weighted by molar-refractivity contribution is 0.554. The van der Waals surface area contributed by atoms with E-state index in [1.54, 1.807) is 25.4 Å². The van der Waals surface area contributed by atoms with Crippen molar-refractivity contribution in [2.75, 3.05) is 7.05 Å². The molecule has 0 fully saturated rings. The van der Waals surface area contributed by atoms with Crippen LogP contribution in [0.25, 0.3) is 0 Å². The number of halogens is 2. The minimum Gasteiger partial charge on any atom is -0.308 e. The van der Waals surface area contributed by atoms with Gasteiger partial charge in [-0.25, -0.2) is 8.78 Å². The van der Waals surface area contributed by atoms with E-state index < -0.39 is 17.7 Å². The van der Waals surface area contributed by atoms with Gasteiger partial charge in [-0.3, -0.25) is 4.98 Å². The molecule has 2 rings (SSSR count). The van der Waals surface area contributed by atoms with E-state index >= 15 is 0 Å². The molecule has 2 aromatic rings. The van der Waals surface area contributed by atoms with Crippen LogP contribution in [0.3, 0.4) is 0 Å². The Hall–Kier alpha value is -1.81. The topological polar surface area (TPSA) is 24.9 Å². The zero-order valence-corrected chi connectivity index (χ0v) is 9.32. The number of nitrogens with zero attached hydrogens (tertiary/aromatic N) is 1. The lowest BCUT2D eigenvalue weighted by Gasteiger charge is -2.16. The van der Waals surface area contributed by atoms with Crippen molar-refractivity contribution < 1.29 is 8.78 Å².